The quantitative estimate of drug-likeness (QED) is 0.692. The van der Waals surface area contributed by atoms with Crippen molar-refractivity contribution < 1.29 is 9.84 Å². The normalized spacial score (nSPS) is 25.9. The molecule has 2 aliphatic rings. The first-order valence-corrected chi connectivity index (χ1v) is 7.88. The maximum absolute atomic E-state index is 9.17. The van der Waals surface area contributed by atoms with E-state index in [1.54, 1.807) is 11.3 Å². The Balaban J connectivity index is 1.54. The second kappa shape index (κ2) is 4.89. The first-order valence-electron chi connectivity index (χ1n) is 6.69. The lowest BCUT2D eigenvalue weighted by Crippen LogP contribution is -2.31. The predicted molar refractivity (Wildman–Crippen MR) is 76.9 cm³/mol. The minimum atomic E-state index is -0.534. The van der Waals surface area contributed by atoms with Gasteiger partial charge in [-0.15, -0.1) is 11.3 Å². The molecule has 0 aromatic carbocycles. The molecule has 4 heterocycles. The molecule has 7 heteroatoms. The summed E-state index contributed by atoms with van der Waals surface area (Å²) in [7, 11) is 0. The van der Waals surface area contributed by atoms with E-state index in [-0.39, 0.29) is 6.10 Å². The second-order valence-electron chi connectivity index (χ2n) is 5.23. The van der Waals surface area contributed by atoms with E-state index in [4.69, 9.17) is 16.3 Å². The highest BCUT2D eigenvalue weighted by Gasteiger charge is 2.36. The molecule has 20 heavy (non-hydrogen) atoms. The van der Waals surface area contributed by atoms with Crippen LogP contribution in [0.4, 0.5) is 0 Å². The Hall–Kier alpha value is -0.790. The second-order valence-corrected chi connectivity index (χ2v) is 6.67. The molecule has 5 nitrogen and oxygen atoms in total. The van der Waals surface area contributed by atoms with Gasteiger partial charge in [-0.3, -0.25) is 4.90 Å². The van der Waals surface area contributed by atoms with Gasteiger partial charge in [-0.05, 0) is 18.4 Å². The molecule has 2 aliphatic heterocycles. The van der Waals surface area contributed by atoms with Gasteiger partial charge in [-0.25, -0.2) is 9.97 Å². The third-order valence-electron chi connectivity index (χ3n) is 3.96. The van der Waals surface area contributed by atoms with Crippen molar-refractivity contribution >= 4 is 33.2 Å². The van der Waals surface area contributed by atoms with Crippen LogP contribution >= 0.6 is 22.9 Å². The van der Waals surface area contributed by atoms with Crippen LogP contribution in [0, 0.1) is 0 Å². The molecule has 1 fully saturated rings. The van der Waals surface area contributed by atoms with Gasteiger partial charge in [0.15, 0.2) is 6.29 Å². The molecule has 4 rings (SSSR count). The fraction of sp³-hybridized carbons (Fsp3) is 0.538. The Morgan fingerprint density at radius 1 is 1.50 bits per heavy atom. The molecule has 2 unspecified atom stereocenters. The van der Waals surface area contributed by atoms with Crippen molar-refractivity contribution in [2.24, 2.45) is 0 Å². The molecule has 0 bridgehead atoms. The van der Waals surface area contributed by atoms with Crippen LogP contribution < -0.4 is 0 Å². The van der Waals surface area contributed by atoms with E-state index < -0.39 is 6.29 Å². The summed E-state index contributed by atoms with van der Waals surface area (Å²) in [6.07, 6.45) is 2.90. The third kappa shape index (κ3) is 2.21. The number of aliphatic hydroxyl groups excluding tert-OH is 1. The molecule has 0 radical (unpaired) electrons. The van der Waals surface area contributed by atoms with Gasteiger partial charge >= 0.3 is 0 Å². The molecule has 0 amide bonds. The van der Waals surface area contributed by atoms with E-state index in [1.807, 2.05) is 0 Å². The Morgan fingerprint density at radius 2 is 2.35 bits per heavy atom. The van der Waals surface area contributed by atoms with Gasteiger partial charge in [0.2, 0.25) is 0 Å². The molecular weight excluding hydrogens is 298 g/mol. The topological polar surface area (TPSA) is 61.8 Å². The fourth-order valence-electron chi connectivity index (χ4n) is 2.79. The summed E-state index contributed by atoms with van der Waals surface area (Å²) < 4.78 is 5.04. The van der Waals surface area contributed by atoms with Gasteiger partial charge in [-0.2, -0.15) is 0 Å². The summed E-state index contributed by atoms with van der Waals surface area (Å²) >= 11 is 7.91. The molecule has 106 valence electrons. The third-order valence-corrected chi connectivity index (χ3v) is 5.37. The van der Waals surface area contributed by atoms with E-state index in [0.29, 0.717) is 5.15 Å². The molecule has 1 N–H and O–H groups in total. The van der Waals surface area contributed by atoms with Gasteiger partial charge in [0.25, 0.3) is 0 Å². The van der Waals surface area contributed by atoms with Crippen molar-refractivity contribution in [2.45, 2.75) is 31.8 Å². The molecule has 1 saturated heterocycles. The highest BCUT2D eigenvalue weighted by Crippen LogP contribution is 2.37. The largest absolute Gasteiger partial charge is 0.366 e. The molecule has 0 aliphatic carbocycles. The Morgan fingerprint density at radius 3 is 3.15 bits per heavy atom. The lowest BCUT2D eigenvalue weighted by atomic mass is 10.1. The number of nitrogens with zero attached hydrogens (tertiary/aromatic N) is 3. The predicted octanol–water partition coefficient (Wildman–Crippen LogP) is 1.81. The lowest BCUT2D eigenvalue weighted by molar-refractivity contribution is 0.155. The molecule has 2 aromatic heterocycles. The average molecular weight is 312 g/mol. The average Bonchev–Trinajstić information content (AvgIpc) is 3.00. The standard InChI is InChI=1S/C13H14ClN3O2S/c14-11-10-7-1-3-17(4-2-8-13(18)19-8)5-9(7)20-12(10)16-6-15-11/h6,8,13,18H,1-5H2. The Bertz CT molecular complexity index is 662. The van der Waals surface area contributed by atoms with Crippen LogP contribution in [0.2, 0.25) is 5.15 Å². The zero-order valence-electron chi connectivity index (χ0n) is 10.8. The van der Waals surface area contributed by atoms with Crippen molar-refractivity contribution in [2.75, 3.05) is 13.1 Å². The number of fused-ring (bicyclic) bond motifs is 3. The van der Waals surface area contributed by atoms with E-state index in [9.17, 15) is 5.11 Å². The Labute approximate surface area is 125 Å². The zero-order valence-corrected chi connectivity index (χ0v) is 12.3. The number of rotatable bonds is 3. The van der Waals surface area contributed by atoms with Gasteiger partial charge < -0.3 is 9.84 Å². The maximum Gasteiger partial charge on any atom is 0.181 e. The molecule has 2 atom stereocenters. The minimum absolute atomic E-state index is 0.0408. The van der Waals surface area contributed by atoms with E-state index >= 15 is 0 Å². The van der Waals surface area contributed by atoms with Crippen LogP contribution in [0.15, 0.2) is 6.33 Å². The van der Waals surface area contributed by atoms with Crippen LogP contribution in [-0.4, -0.2) is 45.5 Å². The van der Waals surface area contributed by atoms with Crippen LogP contribution in [0.25, 0.3) is 10.2 Å². The highest BCUT2D eigenvalue weighted by molar-refractivity contribution is 7.19. The van der Waals surface area contributed by atoms with Crippen LogP contribution in [0.3, 0.4) is 0 Å². The van der Waals surface area contributed by atoms with Crippen molar-refractivity contribution in [3.8, 4) is 0 Å². The zero-order chi connectivity index (χ0) is 13.7. The number of hydrogen-bond acceptors (Lipinski definition) is 6. The minimum Gasteiger partial charge on any atom is -0.366 e. The number of hydrogen-bond donors (Lipinski definition) is 1. The lowest BCUT2D eigenvalue weighted by Gasteiger charge is -2.26. The molecular formula is C13H14ClN3O2S. The number of epoxide rings is 1. The van der Waals surface area contributed by atoms with Gasteiger partial charge in [-0.1, -0.05) is 11.6 Å². The van der Waals surface area contributed by atoms with E-state index in [0.717, 1.165) is 42.7 Å². The number of aliphatic hydroxyl groups is 1. The van der Waals surface area contributed by atoms with E-state index in [1.165, 1.54) is 16.8 Å². The smallest absolute Gasteiger partial charge is 0.181 e. The Kier molecular flexibility index (Phi) is 3.16. The number of ether oxygens (including phenoxy) is 1. The monoisotopic (exact) mass is 311 g/mol. The van der Waals surface area contributed by atoms with E-state index in [2.05, 4.69) is 14.9 Å². The maximum atomic E-state index is 9.17. The van der Waals surface area contributed by atoms with Crippen LogP contribution in [-0.2, 0) is 17.7 Å². The molecule has 0 spiro atoms. The summed E-state index contributed by atoms with van der Waals surface area (Å²) in [5.41, 5.74) is 1.31. The summed E-state index contributed by atoms with van der Waals surface area (Å²) in [6, 6.07) is 0. The van der Waals surface area contributed by atoms with Crippen LogP contribution in [0.1, 0.15) is 16.9 Å². The molecule has 0 saturated carbocycles. The van der Waals surface area contributed by atoms with Crippen molar-refractivity contribution in [3.63, 3.8) is 0 Å². The first-order chi connectivity index (χ1) is 9.72. The van der Waals surface area contributed by atoms with Gasteiger partial charge in [0.05, 0.1) is 5.39 Å². The SMILES string of the molecule is OC1OC1CCN1CCc2c(sc3ncnc(Cl)c23)C1. The van der Waals surface area contributed by atoms with Crippen LogP contribution in [0.5, 0.6) is 0 Å². The number of aromatic nitrogens is 2. The molecule has 2 aromatic rings. The summed E-state index contributed by atoms with van der Waals surface area (Å²) in [5.74, 6) is 0. The summed E-state index contributed by atoms with van der Waals surface area (Å²) in [4.78, 5) is 13.1. The van der Waals surface area contributed by atoms with Crippen molar-refractivity contribution in [3.05, 3.63) is 21.9 Å². The number of halogens is 1. The summed E-state index contributed by atoms with van der Waals surface area (Å²) in [5, 5.41) is 10.8. The van der Waals surface area contributed by atoms with Crippen molar-refractivity contribution in [1.29, 1.82) is 0 Å². The first kappa shape index (κ1) is 12.9. The number of thiophene rings is 1. The van der Waals surface area contributed by atoms with Gasteiger partial charge in [0, 0.05) is 24.5 Å². The van der Waals surface area contributed by atoms with Crippen molar-refractivity contribution in [1.82, 2.24) is 14.9 Å². The summed E-state index contributed by atoms with van der Waals surface area (Å²) in [6.45, 7) is 2.89. The highest BCUT2D eigenvalue weighted by atomic mass is 35.5. The van der Waals surface area contributed by atoms with Gasteiger partial charge in [0.1, 0.15) is 22.4 Å². The fourth-order valence-corrected chi connectivity index (χ4v) is 4.32.